The Balaban J connectivity index is 1.74. The van der Waals surface area contributed by atoms with E-state index in [9.17, 15) is 13.2 Å². The summed E-state index contributed by atoms with van der Waals surface area (Å²) in [5.41, 5.74) is 2.04. The van der Waals surface area contributed by atoms with Crippen molar-refractivity contribution in [3.63, 3.8) is 0 Å². The smallest absolute Gasteiger partial charge is 0.264 e. The Bertz CT molecular complexity index is 1160. The van der Waals surface area contributed by atoms with Gasteiger partial charge in [-0.2, -0.15) is 0 Å². The first kappa shape index (κ1) is 21.0. The lowest BCUT2D eigenvalue weighted by molar-refractivity contribution is 0.102. The number of nitrogens with one attached hydrogen (secondary N) is 2. The molecule has 0 aliphatic carbocycles. The van der Waals surface area contributed by atoms with Gasteiger partial charge in [0.2, 0.25) is 5.95 Å². The number of hydrogen-bond donors (Lipinski definition) is 2. The highest BCUT2D eigenvalue weighted by atomic mass is 35.5. The molecule has 29 heavy (non-hydrogen) atoms. The molecule has 0 saturated heterocycles. The number of anilines is 2. The first-order valence-corrected chi connectivity index (χ1v) is 10.6. The van der Waals surface area contributed by atoms with Crippen LogP contribution >= 0.6 is 23.2 Å². The van der Waals surface area contributed by atoms with Gasteiger partial charge in [-0.05, 0) is 62.4 Å². The van der Waals surface area contributed by atoms with Crippen LogP contribution in [0.2, 0.25) is 10.0 Å². The summed E-state index contributed by atoms with van der Waals surface area (Å²) in [6.45, 7) is 3.50. The third-order valence-corrected chi connectivity index (χ3v) is 5.90. The zero-order valence-corrected chi connectivity index (χ0v) is 17.7. The molecule has 2 N–H and O–H groups in total. The second-order valence-corrected chi connectivity index (χ2v) is 8.68. The summed E-state index contributed by atoms with van der Waals surface area (Å²) >= 11 is 11.8. The quantitative estimate of drug-likeness (QED) is 0.597. The van der Waals surface area contributed by atoms with Crippen molar-refractivity contribution in [2.45, 2.75) is 18.7 Å². The fourth-order valence-corrected chi connectivity index (χ4v) is 3.75. The number of amides is 1. The van der Waals surface area contributed by atoms with Crippen molar-refractivity contribution in [1.29, 1.82) is 0 Å². The highest BCUT2D eigenvalue weighted by molar-refractivity contribution is 7.92. The van der Waals surface area contributed by atoms with Crippen LogP contribution < -0.4 is 10.0 Å². The zero-order chi connectivity index (χ0) is 21.2. The second-order valence-electron chi connectivity index (χ2n) is 6.19. The predicted molar refractivity (Wildman–Crippen MR) is 113 cm³/mol. The maximum atomic E-state index is 12.5. The molecule has 150 valence electrons. The van der Waals surface area contributed by atoms with Gasteiger partial charge in [0.25, 0.3) is 15.9 Å². The summed E-state index contributed by atoms with van der Waals surface area (Å²) in [6.07, 6.45) is 0. The minimum Gasteiger partial charge on any atom is -0.322 e. The first-order valence-electron chi connectivity index (χ1n) is 8.35. The average molecular weight is 451 g/mol. The number of benzene rings is 2. The minimum absolute atomic E-state index is 0.000466. The number of rotatable bonds is 5. The Morgan fingerprint density at radius 1 is 0.897 bits per heavy atom. The van der Waals surface area contributed by atoms with Crippen molar-refractivity contribution in [1.82, 2.24) is 9.97 Å². The van der Waals surface area contributed by atoms with E-state index in [0.717, 1.165) is 0 Å². The topological polar surface area (TPSA) is 101 Å². The van der Waals surface area contributed by atoms with Crippen LogP contribution in [0.25, 0.3) is 0 Å². The van der Waals surface area contributed by atoms with E-state index in [-0.39, 0.29) is 15.9 Å². The van der Waals surface area contributed by atoms with E-state index in [1.54, 1.807) is 19.9 Å². The molecule has 1 heterocycles. The molecule has 10 heteroatoms. The second kappa shape index (κ2) is 8.36. The molecule has 1 amide bonds. The SMILES string of the molecule is Cc1cc(C)nc(NS(=O)(=O)c2ccc(NC(=O)c3ccc(Cl)c(Cl)c3)cc2)n1. The highest BCUT2D eigenvalue weighted by Crippen LogP contribution is 2.23. The summed E-state index contributed by atoms with van der Waals surface area (Å²) < 4.78 is 27.4. The molecule has 0 atom stereocenters. The van der Waals surface area contributed by atoms with Crippen molar-refractivity contribution in [2.75, 3.05) is 10.0 Å². The zero-order valence-electron chi connectivity index (χ0n) is 15.4. The van der Waals surface area contributed by atoms with Crippen LogP contribution in [-0.2, 0) is 10.0 Å². The van der Waals surface area contributed by atoms with Gasteiger partial charge in [0, 0.05) is 22.6 Å². The Kier molecular flexibility index (Phi) is 6.07. The largest absolute Gasteiger partial charge is 0.322 e. The van der Waals surface area contributed by atoms with Gasteiger partial charge in [0.05, 0.1) is 14.9 Å². The molecule has 0 radical (unpaired) electrons. The van der Waals surface area contributed by atoms with E-state index in [0.29, 0.717) is 27.7 Å². The van der Waals surface area contributed by atoms with E-state index in [1.165, 1.54) is 42.5 Å². The Labute approximate surface area is 178 Å². The molecule has 0 bridgehead atoms. The fourth-order valence-electron chi connectivity index (χ4n) is 2.51. The van der Waals surface area contributed by atoms with Crippen molar-refractivity contribution in [3.05, 3.63) is 75.5 Å². The molecule has 0 fully saturated rings. The van der Waals surface area contributed by atoms with Crippen molar-refractivity contribution < 1.29 is 13.2 Å². The summed E-state index contributed by atoms with van der Waals surface area (Å²) in [4.78, 5) is 20.5. The van der Waals surface area contributed by atoms with E-state index in [1.807, 2.05) is 0 Å². The standard InChI is InChI=1S/C19H16Cl2N4O3S/c1-11-9-12(2)23-19(22-11)25-29(27,28)15-6-4-14(5-7-15)24-18(26)13-3-8-16(20)17(21)10-13/h3-10H,1-2H3,(H,24,26)(H,22,23,25). The van der Waals surface area contributed by atoms with Gasteiger partial charge in [0.15, 0.2) is 0 Å². The maximum absolute atomic E-state index is 12.5. The van der Waals surface area contributed by atoms with Gasteiger partial charge in [0.1, 0.15) is 0 Å². The Morgan fingerprint density at radius 2 is 1.52 bits per heavy atom. The maximum Gasteiger partial charge on any atom is 0.264 e. The monoisotopic (exact) mass is 450 g/mol. The van der Waals surface area contributed by atoms with Crippen molar-refractivity contribution >= 4 is 50.8 Å². The molecule has 3 rings (SSSR count). The third kappa shape index (κ3) is 5.23. The normalized spacial score (nSPS) is 11.2. The van der Waals surface area contributed by atoms with Crippen molar-refractivity contribution in [3.8, 4) is 0 Å². The molecule has 0 aliphatic heterocycles. The number of carbonyl (C=O) groups is 1. The lowest BCUT2D eigenvalue weighted by Crippen LogP contribution is -2.16. The Morgan fingerprint density at radius 3 is 2.10 bits per heavy atom. The minimum atomic E-state index is -3.87. The van der Waals surface area contributed by atoms with E-state index in [2.05, 4.69) is 20.0 Å². The van der Waals surface area contributed by atoms with Crippen LogP contribution in [-0.4, -0.2) is 24.3 Å². The molecule has 0 aliphatic rings. The average Bonchev–Trinajstić information content (AvgIpc) is 2.63. The van der Waals surface area contributed by atoms with Crippen LogP contribution in [0.4, 0.5) is 11.6 Å². The molecule has 7 nitrogen and oxygen atoms in total. The summed E-state index contributed by atoms with van der Waals surface area (Å²) in [5.74, 6) is -0.402. The molecular formula is C19H16Cl2N4O3S. The number of halogens is 2. The van der Waals surface area contributed by atoms with Crippen LogP contribution in [0.3, 0.4) is 0 Å². The van der Waals surface area contributed by atoms with Crippen LogP contribution in [0.15, 0.2) is 53.4 Å². The number of hydrogen-bond acceptors (Lipinski definition) is 5. The highest BCUT2D eigenvalue weighted by Gasteiger charge is 2.16. The molecule has 0 saturated carbocycles. The summed E-state index contributed by atoms with van der Waals surface area (Å²) in [5, 5.41) is 3.28. The van der Waals surface area contributed by atoms with Gasteiger partial charge >= 0.3 is 0 Å². The van der Waals surface area contributed by atoms with E-state index in [4.69, 9.17) is 23.2 Å². The number of aryl methyl sites for hydroxylation is 2. The fraction of sp³-hybridized carbons (Fsp3) is 0.105. The number of aromatic nitrogens is 2. The predicted octanol–water partition coefficient (Wildman–Crippen LogP) is 4.45. The lowest BCUT2D eigenvalue weighted by atomic mass is 10.2. The molecule has 3 aromatic rings. The molecule has 1 aromatic heterocycles. The molecule has 0 spiro atoms. The van der Waals surface area contributed by atoms with Gasteiger partial charge in [-0.25, -0.2) is 23.1 Å². The lowest BCUT2D eigenvalue weighted by Gasteiger charge is -2.10. The summed E-state index contributed by atoms with van der Waals surface area (Å²) in [7, 11) is -3.87. The van der Waals surface area contributed by atoms with Crippen LogP contribution in [0.1, 0.15) is 21.7 Å². The van der Waals surface area contributed by atoms with Crippen LogP contribution in [0.5, 0.6) is 0 Å². The summed E-state index contributed by atoms with van der Waals surface area (Å²) in [6, 6.07) is 11.9. The van der Waals surface area contributed by atoms with E-state index < -0.39 is 15.9 Å². The number of carbonyl (C=O) groups excluding carboxylic acids is 1. The molecule has 2 aromatic carbocycles. The third-order valence-electron chi connectivity index (χ3n) is 3.81. The number of sulfonamides is 1. The van der Waals surface area contributed by atoms with Gasteiger partial charge < -0.3 is 5.32 Å². The molecule has 0 unspecified atom stereocenters. The van der Waals surface area contributed by atoms with Crippen LogP contribution in [0, 0.1) is 13.8 Å². The van der Waals surface area contributed by atoms with Gasteiger partial charge in [-0.3, -0.25) is 4.79 Å². The Hall–Kier alpha value is -2.68. The van der Waals surface area contributed by atoms with Gasteiger partial charge in [-0.1, -0.05) is 23.2 Å². The molecular weight excluding hydrogens is 435 g/mol. The number of nitrogens with zero attached hydrogens (tertiary/aromatic N) is 2. The first-order chi connectivity index (χ1) is 13.6. The van der Waals surface area contributed by atoms with E-state index >= 15 is 0 Å². The van der Waals surface area contributed by atoms with Crippen molar-refractivity contribution in [2.24, 2.45) is 0 Å². The van der Waals surface area contributed by atoms with Gasteiger partial charge in [-0.15, -0.1) is 0 Å².